The van der Waals surface area contributed by atoms with Crippen LogP contribution in [0.15, 0.2) is 22.4 Å². The molecule has 0 fully saturated rings. The summed E-state index contributed by atoms with van der Waals surface area (Å²) in [6, 6.07) is 3.68. The lowest BCUT2D eigenvalue weighted by Gasteiger charge is -2.15. The fraction of sp³-hybridized carbons (Fsp3) is 0.471. The van der Waals surface area contributed by atoms with E-state index in [0.717, 1.165) is 11.5 Å². The second kappa shape index (κ2) is 6.51. The Bertz CT molecular complexity index is 869. The van der Waals surface area contributed by atoms with E-state index in [1.165, 1.54) is 0 Å². The van der Waals surface area contributed by atoms with Crippen LogP contribution in [0.5, 0.6) is 0 Å². The van der Waals surface area contributed by atoms with Crippen LogP contribution in [-0.4, -0.2) is 40.3 Å². The van der Waals surface area contributed by atoms with Gasteiger partial charge in [0.1, 0.15) is 11.6 Å². The molecule has 25 heavy (non-hydrogen) atoms. The first-order valence-corrected chi connectivity index (χ1v) is 8.14. The predicted octanol–water partition coefficient (Wildman–Crippen LogP) is 2.40. The highest BCUT2D eigenvalue weighted by atomic mass is 16.1. The summed E-state index contributed by atoms with van der Waals surface area (Å²) in [5, 5.41) is 15.4. The summed E-state index contributed by atoms with van der Waals surface area (Å²) in [5.74, 6) is 3.81. The molecule has 0 saturated carbocycles. The minimum Gasteiger partial charge on any atom is -0.363 e. The van der Waals surface area contributed by atoms with Crippen molar-refractivity contribution in [2.24, 2.45) is 10.2 Å². The number of hydrogen-bond donors (Lipinski definition) is 1. The molecule has 8 heteroatoms. The highest BCUT2D eigenvalue weighted by Crippen LogP contribution is 2.37. The van der Waals surface area contributed by atoms with Crippen LogP contribution >= 0.6 is 0 Å². The van der Waals surface area contributed by atoms with E-state index >= 15 is 0 Å². The molecule has 1 aliphatic heterocycles. The molecule has 0 aromatic carbocycles. The van der Waals surface area contributed by atoms with Gasteiger partial charge in [0.25, 0.3) is 0 Å². The summed E-state index contributed by atoms with van der Waals surface area (Å²) in [7, 11) is 3.84. The number of aromatic nitrogens is 3. The molecule has 2 aromatic rings. The Morgan fingerprint density at radius 1 is 1.36 bits per heavy atom. The molecule has 0 unspecified atom stereocenters. The van der Waals surface area contributed by atoms with Gasteiger partial charge in [-0.25, -0.2) is 4.98 Å². The second-order valence-electron chi connectivity index (χ2n) is 6.38. The average Bonchev–Trinajstić information content (AvgIpc) is 3.23. The number of aryl methyl sites for hydroxylation is 1. The number of nitrogens with zero attached hydrogens (tertiary/aromatic N) is 6. The van der Waals surface area contributed by atoms with Crippen molar-refractivity contribution in [2.75, 3.05) is 24.3 Å². The van der Waals surface area contributed by atoms with Crippen molar-refractivity contribution in [3.63, 3.8) is 0 Å². The molecular formula is C17H21N7O. The summed E-state index contributed by atoms with van der Waals surface area (Å²) in [5.41, 5.74) is 1.11. The molecule has 130 valence electrons. The molecule has 0 atom stereocenters. The molecule has 1 amide bonds. The van der Waals surface area contributed by atoms with Gasteiger partial charge in [0.05, 0.1) is 5.69 Å². The fourth-order valence-electron chi connectivity index (χ4n) is 2.64. The Labute approximate surface area is 146 Å². The Balaban J connectivity index is 1.68. The second-order valence-corrected chi connectivity index (χ2v) is 6.38. The molecule has 0 saturated heterocycles. The summed E-state index contributed by atoms with van der Waals surface area (Å²) < 4.78 is 1.75. The van der Waals surface area contributed by atoms with Crippen molar-refractivity contribution in [3.8, 4) is 12.3 Å². The number of nitrogens with one attached hydrogen (secondary N) is 1. The number of carbonyl (C=O) groups excluding carboxylic acids is 1. The molecule has 3 heterocycles. The first-order valence-electron chi connectivity index (χ1n) is 8.14. The standard InChI is InChI=1S/C17H21N7O/c1-5-6-8-17(21-22-17)9-7-15(25)19-13-11-16(23(3)4)24-14(18-13)10-12(2)20-24/h1,10-11H,6-9H2,2-4H3,(H,18,19,25). The highest BCUT2D eigenvalue weighted by Gasteiger charge is 2.39. The van der Waals surface area contributed by atoms with Gasteiger partial charge in [-0.2, -0.15) is 19.8 Å². The van der Waals surface area contributed by atoms with Gasteiger partial charge in [-0.05, 0) is 6.92 Å². The first kappa shape index (κ1) is 16.9. The van der Waals surface area contributed by atoms with Crippen LogP contribution in [0.2, 0.25) is 0 Å². The first-order chi connectivity index (χ1) is 11.9. The molecule has 1 aliphatic rings. The van der Waals surface area contributed by atoms with E-state index in [9.17, 15) is 4.79 Å². The van der Waals surface area contributed by atoms with Gasteiger partial charge < -0.3 is 10.2 Å². The van der Waals surface area contributed by atoms with Crippen molar-refractivity contribution >= 4 is 23.2 Å². The molecule has 3 rings (SSSR count). The molecule has 0 spiro atoms. The van der Waals surface area contributed by atoms with Crippen molar-refractivity contribution < 1.29 is 4.79 Å². The van der Waals surface area contributed by atoms with Gasteiger partial charge in [0.15, 0.2) is 11.3 Å². The van der Waals surface area contributed by atoms with Gasteiger partial charge in [-0.3, -0.25) is 4.79 Å². The number of anilines is 2. The summed E-state index contributed by atoms with van der Waals surface area (Å²) >= 11 is 0. The normalized spacial score (nSPS) is 14.3. The largest absolute Gasteiger partial charge is 0.363 e. The van der Waals surface area contributed by atoms with Crippen LogP contribution in [0.4, 0.5) is 11.6 Å². The lowest BCUT2D eigenvalue weighted by atomic mass is 10.0. The van der Waals surface area contributed by atoms with Crippen molar-refractivity contribution in [1.82, 2.24) is 14.6 Å². The van der Waals surface area contributed by atoms with Gasteiger partial charge in [0, 0.05) is 51.9 Å². The Hall–Kier alpha value is -2.95. The van der Waals surface area contributed by atoms with Crippen LogP contribution < -0.4 is 10.2 Å². The smallest absolute Gasteiger partial charge is 0.225 e. The molecule has 1 N–H and O–H groups in total. The van der Waals surface area contributed by atoms with Crippen LogP contribution in [0.3, 0.4) is 0 Å². The van der Waals surface area contributed by atoms with E-state index in [-0.39, 0.29) is 5.91 Å². The minimum absolute atomic E-state index is 0.116. The SMILES string of the molecule is C#CCCC1(CCC(=O)Nc2cc(N(C)C)n3nc(C)cc3n2)N=N1. The number of rotatable bonds is 7. The zero-order valence-corrected chi connectivity index (χ0v) is 14.7. The van der Waals surface area contributed by atoms with Crippen LogP contribution in [-0.2, 0) is 4.79 Å². The van der Waals surface area contributed by atoms with Crippen LogP contribution in [0.25, 0.3) is 5.65 Å². The number of hydrogen-bond acceptors (Lipinski definition) is 6. The highest BCUT2D eigenvalue weighted by molar-refractivity contribution is 5.90. The lowest BCUT2D eigenvalue weighted by Crippen LogP contribution is -2.19. The number of fused-ring (bicyclic) bond motifs is 1. The molecule has 8 nitrogen and oxygen atoms in total. The summed E-state index contributed by atoms with van der Waals surface area (Å²) in [6.45, 7) is 1.91. The molecule has 0 radical (unpaired) electrons. The van der Waals surface area contributed by atoms with Gasteiger partial charge in [0.2, 0.25) is 5.91 Å². The molecule has 0 aliphatic carbocycles. The third-order valence-electron chi connectivity index (χ3n) is 4.06. The number of terminal acetylenes is 1. The third kappa shape index (κ3) is 3.76. The number of amides is 1. The van der Waals surface area contributed by atoms with E-state index in [1.54, 1.807) is 10.6 Å². The quantitative estimate of drug-likeness (QED) is 0.785. The lowest BCUT2D eigenvalue weighted by molar-refractivity contribution is -0.116. The maximum absolute atomic E-state index is 12.3. The topological polar surface area (TPSA) is 87.2 Å². The van der Waals surface area contributed by atoms with Crippen molar-refractivity contribution in [1.29, 1.82) is 0 Å². The summed E-state index contributed by atoms with van der Waals surface area (Å²) in [4.78, 5) is 18.7. The monoisotopic (exact) mass is 339 g/mol. The van der Waals surface area contributed by atoms with Crippen LogP contribution in [0.1, 0.15) is 31.4 Å². The van der Waals surface area contributed by atoms with E-state index < -0.39 is 5.66 Å². The van der Waals surface area contributed by atoms with Gasteiger partial charge in [-0.15, -0.1) is 12.3 Å². The van der Waals surface area contributed by atoms with Crippen molar-refractivity contribution in [3.05, 3.63) is 17.8 Å². The average molecular weight is 339 g/mol. The Kier molecular flexibility index (Phi) is 4.40. The molecule has 0 bridgehead atoms. The van der Waals surface area contributed by atoms with Gasteiger partial charge in [-0.1, -0.05) is 0 Å². The Morgan fingerprint density at radius 3 is 2.76 bits per heavy atom. The van der Waals surface area contributed by atoms with Crippen molar-refractivity contribution in [2.45, 2.75) is 38.3 Å². The summed E-state index contributed by atoms with van der Waals surface area (Å²) in [6.07, 6.45) is 7.47. The molecular weight excluding hydrogens is 318 g/mol. The third-order valence-corrected chi connectivity index (χ3v) is 4.06. The van der Waals surface area contributed by atoms with E-state index in [1.807, 2.05) is 32.0 Å². The number of carbonyl (C=O) groups is 1. The zero-order chi connectivity index (χ0) is 18.0. The maximum Gasteiger partial charge on any atom is 0.225 e. The van der Waals surface area contributed by atoms with Crippen LogP contribution in [0, 0.1) is 19.3 Å². The Morgan fingerprint density at radius 2 is 2.12 bits per heavy atom. The predicted molar refractivity (Wildman–Crippen MR) is 95.6 cm³/mol. The minimum atomic E-state index is -0.446. The maximum atomic E-state index is 12.3. The van der Waals surface area contributed by atoms with Gasteiger partial charge >= 0.3 is 0 Å². The van der Waals surface area contributed by atoms with E-state index in [4.69, 9.17) is 6.42 Å². The fourth-order valence-corrected chi connectivity index (χ4v) is 2.64. The molecule has 2 aromatic heterocycles. The van der Waals surface area contributed by atoms with E-state index in [2.05, 4.69) is 31.5 Å². The zero-order valence-electron chi connectivity index (χ0n) is 14.7. The van der Waals surface area contributed by atoms with E-state index in [0.29, 0.717) is 37.1 Å².